The Balaban J connectivity index is 4.09. The quantitative estimate of drug-likeness (QED) is 0.607. The van der Waals surface area contributed by atoms with Crippen molar-refractivity contribution >= 4 is 5.91 Å². The Hall–Kier alpha value is -0.610. The highest BCUT2D eigenvalue weighted by Crippen LogP contribution is 2.01. The van der Waals surface area contributed by atoms with Crippen molar-refractivity contribution in [3.63, 3.8) is 0 Å². The summed E-state index contributed by atoms with van der Waals surface area (Å²) in [6, 6.07) is 0. The first-order valence-corrected chi connectivity index (χ1v) is 4.77. The lowest BCUT2D eigenvalue weighted by Gasteiger charge is -2.23. The standard InChI is InChI=1S/C9H20N2O2/c1-3-4-11(5-6-12)9(13)8(2)7-10/h8,12H,3-7,10H2,1-2H3. The maximum Gasteiger partial charge on any atom is 0.226 e. The molecule has 1 unspecified atom stereocenters. The summed E-state index contributed by atoms with van der Waals surface area (Å²) in [6.07, 6.45) is 0.906. The van der Waals surface area contributed by atoms with Crippen LogP contribution >= 0.6 is 0 Å². The molecule has 0 bridgehead atoms. The fourth-order valence-corrected chi connectivity index (χ4v) is 1.14. The normalized spacial score (nSPS) is 12.6. The van der Waals surface area contributed by atoms with Gasteiger partial charge in [-0.15, -0.1) is 0 Å². The number of aliphatic hydroxyl groups is 1. The van der Waals surface area contributed by atoms with E-state index < -0.39 is 0 Å². The van der Waals surface area contributed by atoms with Crippen LogP contribution in [0.2, 0.25) is 0 Å². The molecule has 4 heteroatoms. The van der Waals surface area contributed by atoms with Crippen LogP contribution in [0.25, 0.3) is 0 Å². The van der Waals surface area contributed by atoms with Crippen molar-refractivity contribution in [2.24, 2.45) is 11.7 Å². The van der Waals surface area contributed by atoms with Gasteiger partial charge in [-0.3, -0.25) is 4.79 Å². The van der Waals surface area contributed by atoms with E-state index in [2.05, 4.69) is 0 Å². The highest BCUT2D eigenvalue weighted by molar-refractivity contribution is 5.78. The van der Waals surface area contributed by atoms with E-state index in [9.17, 15) is 4.79 Å². The smallest absolute Gasteiger partial charge is 0.226 e. The Labute approximate surface area is 79.7 Å². The molecule has 0 heterocycles. The summed E-state index contributed by atoms with van der Waals surface area (Å²) < 4.78 is 0. The summed E-state index contributed by atoms with van der Waals surface area (Å²) >= 11 is 0. The third kappa shape index (κ3) is 4.24. The predicted octanol–water partition coefficient (Wildman–Crippen LogP) is -0.188. The van der Waals surface area contributed by atoms with Crippen molar-refractivity contribution in [1.29, 1.82) is 0 Å². The maximum atomic E-state index is 11.6. The minimum Gasteiger partial charge on any atom is -0.395 e. The molecule has 1 amide bonds. The molecule has 13 heavy (non-hydrogen) atoms. The fourth-order valence-electron chi connectivity index (χ4n) is 1.14. The van der Waals surface area contributed by atoms with Gasteiger partial charge in [0.1, 0.15) is 0 Å². The lowest BCUT2D eigenvalue weighted by Crippen LogP contribution is -2.40. The number of rotatable bonds is 6. The van der Waals surface area contributed by atoms with Gasteiger partial charge in [0.25, 0.3) is 0 Å². The molecule has 0 spiro atoms. The molecule has 0 saturated carbocycles. The minimum absolute atomic E-state index is 0.0169. The van der Waals surface area contributed by atoms with Gasteiger partial charge in [-0.05, 0) is 6.42 Å². The molecule has 1 atom stereocenters. The van der Waals surface area contributed by atoms with Crippen LogP contribution in [0.5, 0.6) is 0 Å². The molecule has 0 aromatic carbocycles. The number of carbonyl (C=O) groups excluding carboxylic acids is 1. The molecule has 0 rings (SSSR count). The fraction of sp³-hybridized carbons (Fsp3) is 0.889. The Bertz CT molecular complexity index is 145. The zero-order valence-corrected chi connectivity index (χ0v) is 8.49. The van der Waals surface area contributed by atoms with Crippen LogP contribution in [0.4, 0.5) is 0 Å². The number of nitrogens with zero attached hydrogens (tertiary/aromatic N) is 1. The lowest BCUT2D eigenvalue weighted by atomic mass is 10.1. The largest absolute Gasteiger partial charge is 0.395 e. The summed E-state index contributed by atoms with van der Waals surface area (Å²) in [5.41, 5.74) is 5.39. The Kier molecular flexibility index (Phi) is 6.54. The zero-order valence-electron chi connectivity index (χ0n) is 8.49. The molecule has 0 aliphatic carbocycles. The van der Waals surface area contributed by atoms with Gasteiger partial charge < -0.3 is 15.7 Å². The van der Waals surface area contributed by atoms with E-state index >= 15 is 0 Å². The highest BCUT2D eigenvalue weighted by Gasteiger charge is 2.17. The first kappa shape index (κ1) is 12.4. The molecular formula is C9H20N2O2. The third-order valence-corrected chi connectivity index (χ3v) is 1.95. The molecule has 78 valence electrons. The van der Waals surface area contributed by atoms with Gasteiger partial charge in [0, 0.05) is 25.6 Å². The van der Waals surface area contributed by atoms with Gasteiger partial charge in [-0.25, -0.2) is 0 Å². The first-order valence-electron chi connectivity index (χ1n) is 4.77. The van der Waals surface area contributed by atoms with Gasteiger partial charge in [-0.1, -0.05) is 13.8 Å². The van der Waals surface area contributed by atoms with Gasteiger partial charge in [0.05, 0.1) is 6.61 Å². The topological polar surface area (TPSA) is 66.6 Å². The molecule has 0 fully saturated rings. The number of aliphatic hydroxyl groups excluding tert-OH is 1. The maximum absolute atomic E-state index is 11.6. The number of hydrogen-bond donors (Lipinski definition) is 2. The second-order valence-electron chi connectivity index (χ2n) is 3.19. The molecule has 3 N–H and O–H groups in total. The van der Waals surface area contributed by atoms with E-state index in [1.54, 1.807) is 4.90 Å². The summed E-state index contributed by atoms with van der Waals surface area (Å²) in [4.78, 5) is 13.3. The van der Waals surface area contributed by atoms with E-state index in [1.165, 1.54) is 0 Å². The minimum atomic E-state index is -0.141. The van der Waals surface area contributed by atoms with E-state index in [4.69, 9.17) is 10.8 Å². The molecule has 0 saturated heterocycles. The van der Waals surface area contributed by atoms with Crippen molar-refractivity contribution < 1.29 is 9.90 Å². The second-order valence-corrected chi connectivity index (χ2v) is 3.19. The van der Waals surface area contributed by atoms with Gasteiger partial charge >= 0.3 is 0 Å². The SMILES string of the molecule is CCCN(CCO)C(=O)C(C)CN. The van der Waals surface area contributed by atoms with Gasteiger partial charge in [0.2, 0.25) is 5.91 Å². The third-order valence-electron chi connectivity index (χ3n) is 1.95. The van der Waals surface area contributed by atoms with E-state index in [0.29, 0.717) is 19.6 Å². The average molecular weight is 188 g/mol. The lowest BCUT2D eigenvalue weighted by molar-refractivity contribution is -0.135. The number of amides is 1. The molecule has 0 aliphatic rings. The van der Waals surface area contributed by atoms with Crippen LogP contribution in [-0.4, -0.2) is 42.2 Å². The Morgan fingerprint density at radius 2 is 2.15 bits per heavy atom. The number of carbonyl (C=O) groups is 1. The summed E-state index contributed by atoms with van der Waals surface area (Å²) in [7, 11) is 0. The Morgan fingerprint density at radius 1 is 1.54 bits per heavy atom. The van der Waals surface area contributed by atoms with Crippen LogP contribution in [0.15, 0.2) is 0 Å². The predicted molar refractivity (Wildman–Crippen MR) is 52.2 cm³/mol. The van der Waals surface area contributed by atoms with Crippen molar-refractivity contribution in [3.05, 3.63) is 0 Å². The zero-order chi connectivity index (χ0) is 10.3. The van der Waals surface area contributed by atoms with Crippen LogP contribution in [0.3, 0.4) is 0 Å². The molecule has 4 nitrogen and oxygen atoms in total. The molecular weight excluding hydrogens is 168 g/mol. The van der Waals surface area contributed by atoms with Crippen LogP contribution in [0.1, 0.15) is 20.3 Å². The van der Waals surface area contributed by atoms with E-state index in [0.717, 1.165) is 6.42 Å². The molecule has 0 aliphatic heterocycles. The van der Waals surface area contributed by atoms with Gasteiger partial charge in [0.15, 0.2) is 0 Å². The van der Waals surface area contributed by atoms with Crippen molar-refractivity contribution in [2.75, 3.05) is 26.2 Å². The highest BCUT2D eigenvalue weighted by atomic mass is 16.3. The molecule has 0 aromatic heterocycles. The van der Waals surface area contributed by atoms with Crippen LogP contribution < -0.4 is 5.73 Å². The van der Waals surface area contributed by atoms with E-state index in [-0.39, 0.29) is 18.4 Å². The van der Waals surface area contributed by atoms with Crippen molar-refractivity contribution in [2.45, 2.75) is 20.3 Å². The first-order chi connectivity index (χ1) is 6.17. The van der Waals surface area contributed by atoms with Crippen LogP contribution in [0, 0.1) is 5.92 Å². The summed E-state index contributed by atoms with van der Waals surface area (Å²) in [6.45, 7) is 5.31. The average Bonchev–Trinajstić information content (AvgIpc) is 2.15. The monoisotopic (exact) mass is 188 g/mol. The molecule has 0 radical (unpaired) electrons. The summed E-state index contributed by atoms with van der Waals surface area (Å²) in [5, 5.41) is 8.74. The number of nitrogens with two attached hydrogens (primary N) is 1. The molecule has 0 aromatic rings. The Morgan fingerprint density at radius 3 is 2.54 bits per heavy atom. The second kappa shape index (κ2) is 6.86. The van der Waals surface area contributed by atoms with Crippen molar-refractivity contribution in [1.82, 2.24) is 4.90 Å². The van der Waals surface area contributed by atoms with E-state index in [1.807, 2.05) is 13.8 Å². The van der Waals surface area contributed by atoms with Gasteiger partial charge in [-0.2, -0.15) is 0 Å². The van der Waals surface area contributed by atoms with Crippen LogP contribution in [-0.2, 0) is 4.79 Å². The summed E-state index contributed by atoms with van der Waals surface area (Å²) in [5.74, 6) is -0.100. The van der Waals surface area contributed by atoms with Crippen molar-refractivity contribution in [3.8, 4) is 0 Å². The number of hydrogen-bond acceptors (Lipinski definition) is 3.